The number of carbonyl (C=O) groups is 3. The molecule has 0 saturated carbocycles. The number of aliphatic hydroxyl groups excluding tert-OH is 1. The van der Waals surface area contributed by atoms with Crippen LogP contribution in [0.4, 0.5) is 5.69 Å². The summed E-state index contributed by atoms with van der Waals surface area (Å²) in [6, 6.07) is 5.35. The van der Waals surface area contributed by atoms with Gasteiger partial charge >= 0.3 is 5.97 Å². The predicted molar refractivity (Wildman–Crippen MR) is 161 cm³/mol. The van der Waals surface area contributed by atoms with E-state index in [0.717, 1.165) is 0 Å². The number of non-ortho nitro benzene ring substituents is 1. The minimum atomic E-state index is -2.19. The molecule has 1 fully saturated rings. The number of amides is 1. The van der Waals surface area contributed by atoms with Crippen molar-refractivity contribution in [3.63, 3.8) is 0 Å². The number of imidazole rings is 1. The monoisotopic (exact) mass is 626 g/mol. The number of aliphatic carboxylic acids is 1. The Morgan fingerprint density at radius 1 is 1.23 bits per heavy atom. The van der Waals surface area contributed by atoms with E-state index in [-0.39, 0.29) is 40.9 Å². The molecule has 0 spiro atoms. The van der Waals surface area contributed by atoms with Crippen molar-refractivity contribution in [3.05, 3.63) is 68.7 Å². The van der Waals surface area contributed by atoms with Crippen molar-refractivity contribution in [2.45, 2.75) is 64.4 Å². The van der Waals surface area contributed by atoms with Crippen LogP contribution in [-0.4, -0.2) is 74.2 Å². The van der Waals surface area contributed by atoms with Crippen molar-refractivity contribution in [1.29, 1.82) is 0 Å². The van der Waals surface area contributed by atoms with E-state index >= 15 is 0 Å². The average Bonchev–Trinajstić information content (AvgIpc) is 3.58. The van der Waals surface area contributed by atoms with Crippen molar-refractivity contribution in [3.8, 4) is 0 Å². The highest BCUT2D eigenvalue weighted by Crippen LogP contribution is 2.52. The Kier molecular flexibility index (Phi) is 7.70. The first-order valence-electron chi connectivity index (χ1n) is 13.9. The van der Waals surface area contributed by atoms with Crippen LogP contribution in [-0.2, 0) is 20.4 Å². The lowest BCUT2D eigenvalue weighted by atomic mass is 9.74. The number of hydrogen-bond donors (Lipinski definition) is 2. The molecular weight excluding hydrogens is 592 g/mol. The maximum absolute atomic E-state index is 13.2. The second-order valence-electron chi connectivity index (χ2n) is 12.6. The molecule has 2 aromatic heterocycles. The molecule has 43 heavy (non-hydrogen) atoms. The van der Waals surface area contributed by atoms with E-state index in [1.807, 2.05) is 0 Å². The van der Waals surface area contributed by atoms with E-state index < -0.39 is 49.1 Å². The molecule has 2 N–H and O–H groups in total. The third-order valence-corrected chi connectivity index (χ3v) is 14.4. The number of ketones is 1. The molecule has 2 aliphatic heterocycles. The number of rotatable bonds is 10. The van der Waals surface area contributed by atoms with Crippen LogP contribution in [0, 0.1) is 22.0 Å². The number of fused-ring (bicyclic) bond motifs is 2. The summed E-state index contributed by atoms with van der Waals surface area (Å²) in [6.45, 7) is 11.8. The number of β-lactam (4-membered cyclic amide) rings is 1. The van der Waals surface area contributed by atoms with Gasteiger partial charge in [0.2, 0.25) is 11.7 Å². The fourth-order valence-electron chi connectivity index (χ4n) is 5.65. The number of aliphatic hydroxyl groups is 1. The van der Waals surface area contributed by atoms with Crippen LogP contribution in [0.25, 0.3) is 10.4 Å². The number of thiazole rings is 1. The summed E-state index contributed by atoms with van der Waals surface area (Å²) in [7, 11) is -2.19. The van der Waals surface area contributed by atoms with E-state index in [4.69, 9.17) is 4.43 Å². The number of benzene rings is 1. The molecular formula is C29H34N4O8SSi. The van der Waals surface area contributed by atoms with Crippen molar-refractivity contribution in [2.75, 3.05) is 6.61 Å². The molecule has 14 heteroatoms. The molecule has 4 atom stereocenters. The van der Waals surface area contributed by atoms with Gasteiger partial charge in [-0.3, -0.25) is 24.1 Å². The first-order chi connectivity index (χ1) is 20.0. The third-order valence-electron chi connectivity index (χ3n) is 8.97. The number of hydrogen-bond acceptors (Lipinski definition) is 9. The quantitative estimate of drug-likeness (QED) is 0.109. The van der Waals surface area contributed by atoms with Gasteiger partial charge in [-0.2, -0.15) is 0 Å². The molecule has 228 valence electrons. The summed E-state index contributed by atoms with van der Waals surface area (Å²) in [5.74, 6) is -3.41. The van der Waals surface area contributed by atoms with Gasteiger partial charge in [-0.15, -0.1) is 11.3 Å². The molecule has 1 aromatic carbocycles. The van der Waals surface area contributed by atoms with E-state index in [0.29, 0.717) is 21.7 Å². The number of aromatic nitrogens is 2. The fourth-order valence-corrected chi connectivity index (χ4v) is 7.58. The highest BCUT2D eigenvalue weighted by Gasteiger charge is 2.61. The van der Waals surface area contributed by atoms with Crippen LogP contribution < -0.4 is 0 Å². The molecule has 0 bridgehead atoms. The third kappa shape index (κ3) is 5.11. The molecule has 3 aromatic rings. The first-order valence-corrected chi connectivity index (χ1v) is 17.7. The number of nitro groups is 1. The van der Waals surface area contributed by atoms with Gasteiger partial charge in [0.1, 0.15) is 22.5 Å². The van der Waals surface area contributed by atoms with E-state index in [1.165, 1.54) is 41.6 Å². The Morgan fingerprint density at radius 2 is 1.88 bits per heavy atom. The fraction of sp³-hybridized carbons (Fsp3) is 0.448. The molecule has 2 aliphatic rings. The Morgan fingerprint density at radius 3 is 2.44 bits per heavy atom. The Bertz CT molecular complexity index is 1670. The van der Waals surface area contributed by atoms with Gasteiger partial charge in [0.05, 0.1) is 35.3 Å². The lowest BCUT2D eigenvalue weighted by Gasteiger charge is -2.47. The van der Waals surface area contributed by atoms with Gasteiger partial charge in [0.15, 0.2) is 8.32 Å². The van der Waals surface area contributed by atoms with Gasteiger partial charge in [0.25, 0.3) is 5.69 Å². The SMILES string of the molecule is C[C@@H](O)[C@H]1C(=O)N2C(C(=O)O)=C(c3csc4c(C(=O)CO[Si](C)(C)C(C)(C)C)ncn34)C(Cc3ccc([N+](=O)[O-])cc3)[C@H]12. The molecule has 1 amide bonds. The van der Waals surface area contributed by atoms with Crippen LogP contribution in [0.3, 0.4) is 0 Å². The van der Waals surface area contributed by atoms with E-state index in [9.17, 15) is 34.7 Å². The number of carboxylic acid groups (broad SMARTS) is 1. The Hall–Kier alpha value is -3.72. The second kappa shape index (κ2) is 10.8. The van der Waals surface area contributed by atoms with Crippen molar-refractivity contribution in [2.24, 2.45) is 11.8 Å². The molecule has 4 heterocycles. The largest absolute Gasteiger partial charge is 0.477 e. The van der Waals surface area contributed by atoms with Crippen LogP contribution in [0.5, 0.6) is 0 Å². The summed E-state index contributed by atoms with van der Waals surface area (Å²) in [5.41, 5.74) is 1.53. The summed E-state index contributed by atoms with van der Waals surface area (Å²) >= 11 is 1.24. The highest BCUT2D eigenvalue weighted by atomic mass is 32.1. The molecule has 12 nitrogen and oxygen atoms in total. The van der Waals surface area contributed by atoms with Crippen molar-refractivity contribution >= 4 is 53.4 Å². The molecule has 5 rings (SSSR count). The Labute approximate surface area is 252 Å². The smallest absolute Gasteiger partial charge is 0.352 e. The van der Waals surface area contributed by atoms with Gasteiger partial charge < -0.3 is 19.5 Å². The number of Topliss-reactive ketones (excluding diaryl/α,β-unsaturated/α-hetero) is 1. The van der Waals surface area contributed by atoms with E-state index in [2.05, 4.69) is 38.8 Å². The summed E-state index contributed by atoms with van der Waals surface area (Å²) in [5, 5.41) is 33.6. The number of nitro benzene ring substituents is 1. The number of carbonyl (C=O) groups excluding carboxylic acids is 2. The molecule has 0 radical (unpaired) electrons. The van der Waals surface area contributed by atoms with Crippen LogP contribution in [0.1, 0.15) is 49.4 Å². The van der Waals surface area contributed by atoms with Crippen LogP contribution in [0.2, 0.25) is 18.1 Å². The predicted octanol–water partition coefficient (Wildman–Crippen LogP) is 4.38. The zero-order chi connectivity index (χ0) is 31.6. The maximum Gasteiger partial charge on any atom is 0.352 e. The van der Waals surface area contributed by atoms with Crippen LogP contribution >= 0.6 is 11.3 Å². The molecule has 0 aliphatic carbocycles. The van der Waals surface area contributed by atoms with Gasteiger partial charge in [0, 0.05) is 29.0 Å². The first kappa shape index (κ1) is 30.7. The molecule has 1 saturated heterocycles. The zero-order valence-electron chi connectivity index (χ0n) is 24.7. The van der Waals surface area contributed by atoms with Gasteiger partial charge in [-0.25, -0.2) is 9.78 Å². The van der Waals surface area contributed by atoms with Crippen molar-refractivity contribution < 1.29 is 33.9 Å². The summed E-state index contributed by atoms with van der Waals surface area (Å²) < 4.78 is 7.79. The number of carboxylic acids is 1. The van der Waals surface area contributed by atoms with Crippen LogP contribution in [0.15, 0.2) is 41.7 Å². The average molecular weight is 627 g/mol. The lowest BCUT2D eigenvalue weighted by Crippen LogP contribution is -2.64. The maximum atomic E-state index is 13.2. The standard InChI is InChI=1S/C29H34N4O8SSi/c1-15(34)21-24-18(11-16-7-9-17(10-8-16)33(39)40)22(25(28(37)38)32(24)26(21)36)19-13-42-27-23(30-14-31(19)27)20(35)12-41-43(5,6)29(2,3)4/h7-10,13-15,18,21,24,34H,11-12H2,1-6H3,(H,37,38)/t15-,18?,21-,24-/m1/s1. The topological polar surface area (TPSA) is 165 Å². The molecule has 1 unspecified atom stereocenters. The summed E-state index contributed by atoms with van der Waals surface area (Å²) in [4.78, 5) is 55.9. The normalized spacial score (nSPS) is 21.2. The van der Waals surface area contributed by atoms with Crippen molar-refractivity contribution in [1.82, 2.24) is 14.3 Å². The minimum Gasteiger partial charge on any atom is -0.477 e. The Balaban J connectivity index is 1.55. The highest BCUT2D eigenvalue weighted by molar-refractivity contribution is 7.16. The van der Waals surface area contributed by atoms with Gasteiger partial charge in [-0.1, -0.05) is 32.9 Å². The lowest BCUT2D eigenvalue weighted by molar-refractivity contribution is -0.384. The zero-order valence-corrected chi connectivity index (χ0v) is 26.5. The second-order valence-corrected chi connectivity index (χ2v) is 18.3. The minimum absolute atomic E-state index is 0.0767. The number of nitrogens with zero attached hydrogens (tertiary/aromatic N) is 4. The summed E-state index contributed by atoms with van der Waals surface area (Å²) in [6.07, 6.45) is 0.725. The van der Waals surface area contributed by atoms with E-state index in [1.54, 1.807) is 21.9 Å². The van der Waals surface area contributed by atoms with Gasteiger partial charge in [-0.05, 0) is 37.0 Å².